The first-order valence-electron chi connectivity index (χ1n) is 21.0. The highest BCUT2D eigenvalue weighted by Crippen LogP contribution is 2.42. The van der Waals surface area contributed by atoms with Gasteiger partial charge in [0.2, 0.25) is 5.71 Å². The van der Waals surface area contributed by atoms with Crippen LogP contribution in [-0.2, 0) is 11.2 Å². The van der Waals surface area contributed by atoms with Crippen molar-refractivity contribution in [1.29, 1.82) is 0 Å². The van der Waals surface area contributed by atoms with Gasteiger partial charge >= 0.3 is 6.03 Å². The number of carbonyl (C=O) groups is 1. The zero-order chi connectivity index (χ0) is 43.5. The minimum atomic E-state index is -0.0856. The fourth-order valence-corrected chi connectivity index (χ4v) is 6.93. The summed E-state index contributed by atoms with van der Waals surface area (Å²) in [6.07, 6.45) is 9.97. The van der Waals surface area contributed by atoms with Crippen LogP contribution in [0.25, 0.3) is 39.3 Å². The number of urea groups is 1. The molecule has 6 aromatic rings. The highest BCUT2D eigenvalue weighted by molar-refractivity contribution is 6.05. The topological polar surface area (TPSA) is 136 Å². The molecule has 0 atom stereocenters. The molecule has 7 rings (SSSR count). The van der Waals surface area contributed by atoms with E-state index < -0.39 is 0 Å². The Hall–Kier alpha value is -6.79. The molecule has 1 aliphatic heterocycles. The van der Waals surface area contributed by atoms with Crippen molar-refractivity contribution in [1.82, 2.24) is 19.8 Å². The molecule has 1 saturated heterocycles. The average Bonchev–Trinajstić information content (AvgIpc) is 3.72. The van der Waals surface area contributed by atoms with E-state index in [1.165, 1.54) is 6.33 Å². The zero-order valence-electron chi connectivity index (χ0n) is 35.5. The molecule has 0 bridgehead atoms. The second-order valence-electron chi connectivity index (χ2n) is 14.7. The number of nitrogens with one attached hydrogen (secondary N) is 2. The summed E-state index contributed by atoms with van der Waals surface area (Å²) in [7, 11) is 0. The molecule has 0 saturated carbocycles. The molecule has 0 aliphatic carbocycles. The number of ether oxygens (including phenoxy) is 1. The molecule has 11 heteroatoms. The van der Waals surface area contributed by atoms with Gasteiger partial charge in [-0.3, -0.25) is 4.90 Å². The number of aliphatic hydroxyl groups excluding tert-OH is 2. The fraction of sp³-hybridized carbons (Fsp3) is 0.235. The smallest absolute Gasteiger partial charge is 0.321 e. The summed E-state index contributed by atoms with van der Waals surface area (Å²) >= 11 is 0. The van der Waals surface area contributed by atoms with Gasteiger partial charge in [-0.05, 0) is 54.7 Å². The molecule has 320 valence electrons. The number of furan rings is 1. The Morgan fingerprint density at radius 1 is 0.855 bits per heavy atom. The van der Waals surface area contributed by atoms with Crippen molar-refractivity contribution in [2.75, 3.05) is 69.7 Å². The van der Waals surface area contributed by atoms with E-state index in [1.807, 2.05) is 146 Å². The van der Waals surface area contributed by atoms with Gasteiger partial charge in [0.25, 0.3) is 0 Å². The number of anilines is 2. The molecule has 4 aromatic carbocycles. The summed E-state index contributed by atoms with van der Waals surface area (Å²) in [4.78, 5) is 26.0. The number of aromatic nitrogens is 2. The molecular formula is C51H56N6O5. The number of hydrogen-bond donors (Lipinski definition) is 4. The highest BCUT2D eigenvalue weighted by atomic mass is 16.5. The van der Waals surface area contributed by atoms with Crippen LogP contribution >= 0.6 is 0 Å². The number of piperazine rings is 1. The quantitative estimate of drug-likeness (QED) is 0.0427. The van der Waals surface area contributed by atoms with Gasteiger partial charge in [0.15, 0.2) is 0 Å². The largest absolute Gasteiger partial charge is 0.507 e. The average molecular weight is 833 g/mol. The lowest BCUT2D eigenvalue weighted by Crippen LogP contribution is -2.50. The van der Waals surface area contributed by atoms with E-state index >= 15 is 0 Å². The van der Waals surface area contributed by atoms with E-state index in [0.717, 1.165) is 87.7 Å². The van der Waals surface area contributed by atoms with Gasteiger partial charge in [-0.1, -0.05) is 134 Å². The van der Waals surface area contributed by atoms with Crippen molar-refractivity contribution in [3.05, 3.63) is 175 Å². The molecule has 11 nitrogen and oxygen atoms in total. The van der Waals surface area contributed by atoms with Crippen LogP contribution in [0.1, 0.15) is 25.0 Å². The SMILES string of the molecule is C=C(/C=C\C=C/C)/C(C)=C(/O)c1ccccc1.O=C(Nc1ccc(CCNc2ncnc3oc(-c4ccccc4)c(-c4ccccc4)c23)cc1)N1CCN(CCOCCO)CC1. The van der Waals surface area contributed by atoms with E-state index in [2.05, 4.69) is 44.2 Å². The predicted octanol–water partition coefficient (Wildman–Crippen LogP) is 10.0. The number of amides is 2. The van der Waals surface area contributed by atoms with Crippen LogP contribution in [0.15, 0.2) is 168 Å². The third-order valence-corrected chi connectivity index (χ3v) is 10.4. The van der Waals surface area contributed by atoms with Crippen LogP contribution < -0.4 is 10.6 Å². The van der Waals surface area contributed by atoms with Crippen molar-refractivity contribution < 1.29 is 24.2 Å². The van der Waals surface area contributed by atoms with Gasteiger partial charge in [0.1, 0.15) is 23.7 Å². The summed E-state index contributed by atoms with van der Waals surface area (Å²) in [5.41, 5.74) is 7.85. The summed E-state index contributed by atoms with van der Waals surface area (Å²) in [6, 6.07) is 37.6. The Balaban J connectivity index is 0.000000318. The van der Waals surface area contributed by atoms with E-state index in [0.29, 0.717) is 38.6 Å². The normalized spacial score (nSPS) is 13.5. The Kier molecular flexibility index (Phi) is 16.8. The van der Waals surface area contributed by atoms with Crippen molar-refractivity contribution in [2.24, 2.45) is 0 Å². The first-order chi connectivity index (χ1) is 30.4. The van der Waals surface area contributed by atoms with Gasteiger partial charge in [-0.2, -0.15) is 0 Å². The summed E-state index contributed by atoms with van der Waals surface area (Å²) in [6.45, 7) is 13.2. The Labute approximate surface area is 364 Å². The summed E-state index contributed by atoms with van der Waals surface area (Å²) < 4.78 is 11.7. The number of allylic oxidation sites excluding steroid dienone is 6. The highest BCUT2D eigenvalue weighted by Gasteiger charge is 2.23. The van der Waals surface area contributed by atoms with Crippen LogP contribution in [0.5, 0.6) is 0 Å². The third-order valence-electron chi connectivity index (χ3n) is 10.4. The molecule has 1 fully saturated rings. The van der Waals surface area contributed by atoms with Crippen LogP contribution in [0.2, 0.25) is 0 Å². The molecule has 62 heavy (non-hydrogen) atoms. The monoisotopic (exact) mass is 832 g/mol. The van der Waals surface area contributed by atoms with Crippen molar-refractivity contribution >= 4 is 34.4 Å². The maximum Gasteiger partial charge on any atom is 0.321 e. The van der Waals surface area contributed by atoms with Crippen LogP contribution in [0, 0.1) is 0 Å². The van der Waals surface area contributed by atoms with Gasteiger partial charge in [-0.15, -0.1) is 0 Å². The zero-order valence-corrected chi connectivity index (χ0v) is 35.5. The maximum atomic E-state index is 12.8. The molecule has 1 aliphatic rings. The molecule has 4 N–H and O–H groups in total. The number of fused-ring (bicyclic) bond motifs is 1. The Morgan fingerprint density at radius 2 is 1.52 bits per heavy atom. The molecule has 2 aromatic heterocycles. The lowest BCUT2D eigenvalue weighted by atomic mass is 9.99. The van der Waals surface area contributed by atoms with E-state index in [4.69, 9.17) is 14.3 Å². The molecule has 2 amide bonds. The van der Waals surface area contributed by atoms with Gasteiger partial charge < -0.3 is 34.9 Å². The number of carbonyl (C=O) groups excluding carboxylic acids is 1. The summed E-state index contributed by atoms with van der Waals surface area (Å²) in [5, 5.41) is 26.3. The van der Waals surface area contributed by atoms with Crippen LogP contribution in [0.4, 0.5) is 16.3 Å². The van der Waals surface area contributed by atoms with E-state index in [1.54, 1.807) is 0 Å². The Morgan fingerprint density at radius 3 is 2.18 bits per heavy atom. The fourth-order valence-electron chi connectivity index (χ4n) is 6.93. The molecule has 0 radical (unpaired) electrons. The summed E-state index contributed by atoms with van der Waals surface area (Å²) in [5.74, 6) is 1.77. The molecule has 3 heterocycles. The number of benzene rings is 4. The van der Waals surface area contributed by atoms with Crippen molar-refractivity contribution in [3.63, 3.8) is 0 Å². The van der Waals surface area contributed by atoms with Gasteiger partial charge in [0.05, 0.1) is 25.2 Å². The second-order valence-corrected chi connectivity index (χ2v) is 14.7. The Bertz CT molecular complexity index is 2420. The molecular weight excluding hydrogens is 777 g/mol. The first-order valence-corrected chi connectivity index (χ1v) is 21.0. The standard InChI is InChI=1S/C35H38N6O4.C16H18O/c42-22-24-44-23-21-40-17-19-41(20-18-40)35(43)39-29-13-11-26(12-14-29)15-16-36-33-31-30(27-7-3-1-4-8-27)32(28-9-5-2-6-10-28)45-34(31)38-25-37-33;1-4-5-7-10-13(2)14(3)16(17)15-11-8-6-9-12-15/h1-14,25,42H,15-24H2,(H,39,43)(H,36,37,38);4-12,17H,2H2,1,3H3/b;5-4-,10-7-,16-14+. The number of rotatable bonds is 16. The first kappa shape index (κ1) is 44.8. The lowest BCUT2D eigenvalue weighted by molar-refractivity contribution is 0.0627. The number of nitrogens with zero attached hydrogens (tertiary/aromatic N) is 4. The predicted molar refractivity (Wildman–Crippen MR) is 251 cm³/mol. The van der Waals surface area contributed by atoms with Crippen LogP contribution in [0.3, 0.4) is 0 Å². The number of hydrogen-bond acceptors (Lipinski definition) is 9. The van der Waals surface area contributed by atoms with Gasteiger partial charge in [0, 0.05) is 61.6 Å². The van der Waals surface area contributed by atoms with E-state index in [-0.39, 0.29) is 18.4 Å². The lowest BCUT2D eigenvalue weighted by Gasteiger charge is -2.34. The minimum Gasteiger partial charge on any atom is -0.507 e. The minimum absolute atomic E-state index is 0.0381. The molecule has 0 unspecified atom stereocenters. The number of aliphatic hydroxyl groups is 2. The maximum absolute atomic E-state index is 12.8. The van der Waals surface area contributed by atoms with Crippen LogP contribution in [-0.4, -0.2) is 95.1 Å². The van der Waals surface area contributed by atoms with Crippen molar-refractivity contribution in [3.8, 4) is 22.5 Å². The van der Waals surface area contributed by atoms with E-state index in [9.17, 15) is 9.90 Å². The van der Waals surface area contributed by atoms with Gasteiger partial charge in [-0.25, -0.2) is 14.8 Å². The second kappa shape index (κ2) is 23.3. The third kappa shape index (κ3) is 12.4. The molecule has 0 spiro atoms. The van der Waals surface area contributed by atoms with Crippen molar-refractivity contribution in [2.45, 2.75) is 20.3 Å².